The van der Waals surface area contributed by atoms with Crippen molar-refractivity contribution in [2.45, 2.75) is 19.4 Å². The largest absolute Gasteiger partial charge is 0.377 e. The molecule has 0 amide bonds. The van der Waals surface area contributed by atoms with Gasteiger partial charge >= 0.3 is 0 Å². The zero-order chi connectivity index (χ0) is 10.6. The highest BCUT2D eigenvalue weighted by atomic mass is 79.9. The molecule has 1 aromatic heterocycles. The van der Waals surface area contributed by atoms with Gasteiger partial charge in [-0.05, 0) is 29.8 Å². The molecule has 78 valence electrons. The van der Waals surface area contributed by atoms with Gasteiger partial charge in [-0.25, -0.2) is 9.97 Å². The lowest BCUT2D eigenvalue weighted by Gasteiger charge is -2.23. The number of hydrogen-bond donors (Lipinski definition) is 1. The molecule has 4 nitrogen and oxygen atoms in total. The minimum atomic E-state index is -0.197. The Balaban J connectivity index is 2.54. The van der Waals surface area contributed by atoms with Gasteiger partial charge < -0.3 is 10.1 Å². The van der Waals surface area contributed by atoms with Crippen molar-refractivity contribution in [3.63, 3.8) is 0 Å². The molecule has 1 aromatic rings. The van der Waals surface area contributed by atoms with Crippen molar-refractivity contribution in [3.05, 3.63) is 17.0 Å². The summed E-state index contributed by atoms with van der Waals surface area (Å²) in [6.45, 7) is 4.72. The number of hydrogen-bond acceptors (Lipinski definition) is 4. The van der Waals surface area contributed by atoms with Crippen molar-refractivity contribution in [3.8, 4) is 0 Å². The molecule has 0 radical (unpaired) electrons. The average Bonchev–Trinajstić information content (AvgIpc) is 2.15. The van der Waals surface area contributed by atoms with E-state index in [4.69, 9.17) is 4.74 Å². The van der Waals surface area contributed by atoms with Gasteiger partial charge in [-0.1, -0.05) is 0 Å². The van der Waals surface area contributed by atoms with E-state index in [9.17, 15) is 0 Å². The maximum atomic E-state index is 5.27. The van der Waals surface area contributed by atoms with Crippen molar-refractivity contribution in [1.29, 1.82) is 0 Å². The van der Waals surface area contributed by atoms with Gasteiger partial charge in [0.15, 0.2) is 0 Å². The Morgan fingerprint density at radius 3 is 2.79 bits per heavy atom. The number of halogens is 1. The van der Waals surface area contributed by atoms with E-state index in [2.05, 4.69) is 31.2 Å². The Hall–Kier alpha value is -0.680. The highest BCUT2D eigenvalue weighted by Crippen LogP contribution is 2.12. The first-order valence-electron chi connectivity index (χ1n) is 4.30. The van der Waals surface area contributed by atoms with Gasteiger partial charge in [-0.2, -0.15) is 0 Å². The molecule has 0 saturated heterocycles. The van der Waals surface area contributed by atoms with E-state index in [-0.39, 0.29) is 5.60 Å². The molecule has 5 heteroatoms. The number of nitrogens with zero attached hydrogens (tertiary/aromatic N) is 2. The van der Waals surface area contributed by atoms with E-state index in [0.717, 1.165) is 10.4 Å². The molecule has 0 aromatic carbocycles. The molecule has 0 fully saturated rings. The Kier molecular flexibility index (Phi) is 3.83. The van der Waals surface area contributed by atoms with E-state index in [1.54, 1.807) is 7.11 Å². The minimum absolute atomic E-state index is 0.197. The predicted molar refractivity (Wildman–Crippen MR) is 59.3 cm³/mol. The lowest BCUT2D eigenvalue weighted by atomic mass is 10.1. The second kappa shape index (κ2) is 4.70. The van der Waals surface area contributed by atoms with Crippen LogP contribution in [0.25, 0.3) is 0 Å². The van der Waals surface area contributed by atoms with Gasteiger partial charge in [-0.3, -0.25) is 0 Å². The fourth-order valence-corrected chi connectivity index (χ4v) is 1.11. The second-order valence-corrected chi connectivity index (χ2v) is 4.36. The summed E-state index contributed by atoms with van der Waals surface area (Å²) >= 11 is 3.28. The molecule has 0 saturated carbocycles. The van der Waals surface area contributed by atoms with Crippen LogP contribution in [0.2, 0.25) is 0 Å². The normalized spacial score (nSPS) is 11.4. The van der Waals surface area contributed by atoms with Crippen molar-refractivity contribution in [2.24, 2.45) is 0 Å². The summed E-state index contributed by atoms with van der Waals surface area (Å²) in [7, 11) is 1.69. The number of rotatable bonds is 4. The van der Waals surface area contributed by atoms with Gasteiger partial charge in [0, 0.05) is 19.7 Å². The van der Waals surface area contributed by atoms with Crippen LogP contribution in [0, 0.1) is 0 Å². The van der Waals surface area contributed by atoms with E-state index in [1.807, 2.05) is 19.9 Å². The van der Waals surface area contributed by atoms with Crippen LogP contribution in [0.5, 0.6) is 0 Å². The summed E-state index contributed by atoms with van der Waals surface area (Å²) < 4.78 is 6.04. The number of methoxy groups -OCH3 is 1. The lowest BCUT2D eigenvalue weighted by Crippen LogP contribution is -2.32. The molecular weight excluding hydrogens is 246 g/mol. The van der Waals surface area contributed by atoms with Crippen LogP contribution in [0.15, 0.2) is 17.0 Å². The summed E-state index contributed by atoms with van der Waals surface area (Å²) in [6.07, 6.45) is 1.51. The van der Waals surface area contributed by atoms with E-state index in [1.165, 1.54) is 6.33 Å². The van der Waals surface area contributed by atoms with E-state index in [0.29, 0.717) is 6.54 Å². The van der Waals surface area contributed by atoms with Gasteiger partial charge in [0.05, 0.1) is 5.60 Å². The summed E-state index contributed by atoms with van der Waals surface area (Å²) in [6, 6.07) is 1.83. The Bertz CT molecular complexity index is 304. The molecule has 0 aliphatic rings. The van der Waals surface area contributed by atoms with Crippen molar-refractivity contribution in [1.82, 2.24) is 9.97 Å². The van der Waals surface area contributed by atoms with Crippen LogP contribution in [0.1, 0.15) is 13.8 Å². The Morgan fingerprint density at radius 1 is 1.50 bits per heavy atom. The zero-order valence-corrected chi connectivity index (χ0v) is 10.1. The fraction of sp³-hybridized carbons (Fsp3) is 0.556. The third-order valence-electron chi connectivity index (χ3n) is 1.88. The predicted octanol–water partition coefficient (Wildman–Crippen LogP) is 2.08. The third kappa shape index (κ3) is 3.59. The monoisotopic (exact) mass is 259 g/mol. The van der Waals surface area contributed by atoms with Crippen LogP contribution in [0.3, 0.4) is 0 Å². The highest BCUT2D eigenvalue weighted by Gasteiger charge is 2.15. The summed E-state index contributed by atoms with van der Waals surface area (Å²) in [5, 5.41) is 3.17. The van der Waals surface area contributed by atoms with E-state index >= 15 is 0 Å². The SMILES string of the molecule is COC(C)(C)CNc1cc(Br)ncn1. The van der Waals surface area contributed by atoms with Crippen molar-refractivity contribution >= 4 is 21.7 Å². The number of anilines is 1. The molecule has 0 aliphatic heterocycles. The summed E-state index contributed by atoms with van der Waals surface area (Å²) in [4.78, 5) is 8.01. The quantitative estimate of drug-likeness (QED) is 0.842. The first kappa shape index (κ1) is 11.4. The number of ether oxygens (including phenoxy) is 1. The lowest BCUT2D eigenvalue weighted by molar-refractivity contribution is 0.0343. The van der Waals surface area contributed by atoms with E-state index < -0.39 is 0 Å². The molecule has 0 unspecified atom stereocenters. The van der Waals surface area contributed by atoms with Crippen LogP contribution < -0.4 is 5.32 Å². The fourth-order valence-electron chi connectivity index (χ4n) is 0.806. The van der Waals surface area contributed by atoms with Crippen LogP contribution in [-0.4, -0.2) is 29.2 Å². The Morgan fingerprint density at radius 2 is 2.21 bits per heavy atom. The van der Waals surface area contributed by atoms with Gasteiger partial charge in [0.2, 0.25) is 0 Å². The zero-order valence-electron chi connectivity index (χ0n) is 8.54. The molecule has 1 rings (SSSR count). The summed E-state index contributed by atoms with van der Waals surface area (Å²) in [5.74, 6) is 0.789. The average molecular weight is 260 g/mol. The Labute approximate surface area is 92.2 Å². The van der Waals surface area contributed by atoms with Crippen LogP contribution >= 0.6 is 15.9 Å². The maximum Gasteiger partial charge on any atom is 0.130 e. The number of aromatic nitrogens is 2. The van der Waals surface area contributed by atoms with Gasteiger partial charge in [-0.15, -0.1) is 0 Å². The first-order chi connectivity index (χ1) is 6.53. The molecule has 0 atom stereocenters. The molecular formula is C9H14BrN3O. The number of nitrogens with one attached hydrogen (secondary N) is 1. The molecule has 14 heavy (non-hydrogen) atoms. The van der Waals surface area contributed by atoms with Crippen molar-refractivity contribution in [2.75, 3.05) is 19.0 Å². The smallest absolute Gasteiger partial charge is 0.130 e. The maximum absolute atomic E-state index is 5.27. The summed E-state index contributed by atoms with van der Waals surface area (Å²) in [5.41, 5.74) is -0.197. The minimum Gasteiger partial charge on any atom is -0.377 e. The van der Waals surface area contributed by atoms with Crippen LogP contribution in [-0.2, 0) is 4.74 Å². The van der Waals surface area contributed by atoms with Crippen molar-refractivity contribution < 1.29 is 4.74 Å². The molecule has 0 spiro atoms. The topological polar surface area (TPSA) is 47.0 Å². The highest BCUT2D eigenvalue weighted by molar-refractivity contribution is 9.10. The third-order valence-corrected chi connectivity index (χ3v) is 2.32. The molecule has 0 aliphatic carbocycles. The first-order valence-corrected chi connectivity index (χ1v) is 5.09. The second-order valence-electron chi connectivity index (χ2n) is 3.54. The molecule has 0 bridgehead atoms. The molecule has 1 heterocycles. The van der Waals surface area contributed by atoms with Gasteiger partial charge in [0.25, 0.3) is 0 Å². The van der Waals surface area contributed by atoms with Gasteiger partial charge in [0.1, 0.15) is 16.7 Å². The molecule has 1 N–H and O–H groups in total. The van der Waals surface area contributed by atoms with Crippen LogP contribution in [0.4, 0.5) is 5.82 Å². The standard InChI is InChI=1S/C9H14BrN3O/c1-9(2,14-3)5-11-8-4-7(10)12-6-13-8/h4,6H,5H2,1-3H3,(H,11,12,13).